The van der Waals surface area contributed by atoms with Gasteiger partial charge in [0.05, 0.1) is 11.3 Å². The predicted molar refractivity (Wildman–Crippen MR) is 65.2 cm³/mol. The largest absolute Gasteiger partial charge is 0.340 e. The van der Waals surface area contributed by atoms with Crippen molar-refractivity contribution in [3.05, 3.63) is 42.0 Å². The van der Waals surface area contributed by atoms with Crippen molar-refractivity contribution in [3.63, 3.8) is 0 Å². The van der Waals surface area contributed by atoms with Crippen molar-refractivity contribution in [2.24, 2.45) is 0 Å². The highest BCUT2D eigenvalue weighted by atomic mass is 16.2. The topological polar surface area (TPSA) is 49.4 Å². The summed E-state index contributed by atoms with van der Waals surface area (Å²) in [7, 11) is 1.51. The van der Waals surface area contributed by atoms with Gasteiger partial charge in [-0.25, -0.2) is 9.69 Å². The molecule has 4 nitrogen and oxygen atoms in total. The summed E-state index contributed by atoms with van der Waals surface area (Å²) in [4.78, 5) is 25.0. The first-order chi connectivity index (χ1) is 8.24. The molecule has 0 saturated carbocycles. The highest BCUT2D eigenvalue weighted by Gasteiger charge is 2.33. The van der Waals surface area contributed by atoms with E-state index in [-0.39, 0.29) is 5.91 Å². The average molecular weight is 226 g/mol. The van der Waals surface area contributed by atoms with Gasteiger partial charge in [-0.15, -0.1) is 0 Å². The third kappa shape index (κ3) is 1.18. The molecular formula is C13H10N2O2. The van der Waals surface area contributed by atoms with Gasteiger partial charge in [-0.1, -0.05) is 24.3 Å². The van der Waals surface area contributed by atoms with Crippen molar-refractivity contribution in [1.29, 1.82) is 0 Å². The molecule has 17 heavy (non-hydrogen) atoms. The van der Waals surface area contributed by atoms with Crippen LogP contribution in [0.15, 0.2) is 36.4 Å². The van der Waals surface area contributed by atoms with E-state index in [9.17, 15) is 9.59 Å². The number of imide groups is 1. The fourth-order valence-electron chi connectivity index (χ4n) is 2.23. The molecule has 0 spiro atoms. The highest BCUT2D eigenvalue weighted by Crippen LogP contribution is 2.36. The van der Waals surface area contributed by atoms with Crippen LogP contribution in [-0.2, 0) is 0 Å². The van der Waals surface area contributed by atoms with Crippen LogP contribution in [0, 0.1) is 0 Å². The second-order valence-corrected chi connectivity index (χ2v) is 3.88. The summed E-state index contributed by atoms with van der Waals surface area (Å²) in [6.45, 7) is 0. The van der Waals surface area contributed by atoms with Crippen molar-refractivity contribution < 1.29 is 9.59 Å². The van der Waals surface area contributed by atoms with E-state index in [1.165, 1.54) is 11.9 Å². The van der Waals surface area contributed by atoms with Gasteiger partial charge in [0.1, 0.15) is 0 Å². The molecule has 1 aliphatic heterocycles. The van der Waals surface area contributed by atoms with E-state index in [1.54, 1.807) is 12.1 Å². The number of carbonyl (C=O) groups is 2. The van der Waals surface area contributed by atoms with Crippen molar-refractivity contribution in [2.75, 3.05) is 11.9 Å². The lowest BCUT2D eigenvalue weighted by Crippen LogP contribution is -2.40. The minimum Gasteiger partial charge on any atom is -0.340 e. The molecule has 3 rings (SSSR count). The summed E-state index contributed by atoms with van der Waals surface area (Å²) < 4.78 is 0. The Hall–Kier alpha value is -2.36. The number of hydrogen-bond acceptors (Lipinski definition) is 2. The zero-order valence-electron chi connectivity index (χ0n) is 9.23. The molecule has 0 aromatic heterocycles. The van der Waals surface area contributed by atoms with E-state index in [0.29, 0.717) is 11.3 Å². The summed E-state index contributed by atoms with van der Waals surface area (Å²) in [6.07, 6.45) is 0. The minimum atomic E-state index is -0.404. The second-order valence-electron chi connectivity index (χ2n) is 3.88. The third-order valence-electron chi connectivity index (χ3n) is 2.97. The summed E-state index contributed by atoms with van der Waals surface area (Å²) in [5.41, 5.74) is 1.24. The van der Waals surface area contributed by atoms with Crippen molar-refractivity contribution in [1.82, 2.24) is 5.32 Å². The third-order valence-corrected chi connectivity index (χ3v) is 2.97. The fourth-order valence-corrected chi connectivity index (χ4v) is 2.23. The zero-order chi connectivity index (χ0) is 12.0. The SMILES string of the molecule is CNC(=O)N1C(=O)c2cccc3cccc1c23. The van der Waals surface area contributed by atoms with Crippen LogP contribution < -0.4 is 10.2 Å². The zero-order valence-corrected chi connectivity index (χ0v) is 9.23. The van der Waals surface area contributed by atoms with Gasteiger partial charge in [-0.05, 0) is 17.5 Å². The second kappa shape index (κ2) is 3.31. The molecular weight excluding hydrogens is 216 g/mol. The number of urea groups is 1. The smallest absolute Gasteiger partial charge is 0.328 e. The van der Waals surface area contributed by atoms with Gasteiger partial charge in [0.25, 0.3) is 5.91 Å². The molecule has 0 bridgehead atoms. The van der Waals surface area contributed by atoms with E-state index in [4.69, 9.17) is 0 Å². The van der Waals surface area contributed by atoms with Gasteiger partial charge in [0.15, 0.2) is 0 Å². The summed E-state index contributed by atoms with van der Waals surface area (Å²) in [5, 5.41) is 4.30. The van der Waals surface area contributed by atoms with Crippen LogP contribution in [0.25, 0.3) is 10.8 Å². The Bertz CT molecular complexity index is 644. The first kappa shape index (κ1) is 9.84. The first-order valence-electron chi connectivity index (χ1n) is 5.32. The number of benzene rings is 2. The van der Waals surface area contributed by atoms with Crippen LogP contribution in [0.4, 0.5) is 10.5 Å². The van der Waals surface area contributed by atoms with Crippen LogP contribution >= 0.6 is 0 Å². The fraction of sp³-hybridized carbons (Fsp3) is 0.0769. The maximum Gasteiger partial charge on any atom is 0.328 e. The highest BCUT2D eigenvalue weighted by molar-refractivity contribution is 6.33. The van der Waals surface area contributed by atoms with Crippen LogP contribution in [0.3, 0.4) is 0 Å². The standard InChI is InChI=1S/C13H10N2O2/c1-14-13(17)15-10-7-3-5-8-4-2-6-9(11(8)10)12(15)16/h2-7H,1H3,(H,14,17). The molecule has 1 heterocycles. The molecule has 0 saturated heterocycles. The quantitative estimate of drug-likeness (QED) is 0.748. The molecule has 1 aliphatic rings. The maximum absolute atomic E-state index is 12.1. The summed E-state index contributed by atoms with van der Waals surface area (Å²) in [5.74, 6) is -0.267. The average Bonchev–Trinajstić information content (AvgIpc) is 2.65. The van der Waals surface area contributed by atoms with Crippen LogP contribution in [0.1, 0.15) is 10.4 Å². The molecule has 2 aromatic carbocycles. The lowest BCUT2D eigenvalue weighted by molar-refractivity contribution is 0.1000. The monoisotopic (exact) mass is 226 g/mol. The number of amides is 3. The normalized spacial score (nSPS) is 13.2. The van der Waals surface area contributed by atoms with Gasteiger partial charge in [0.2, 0.25) is 0 Å². The van der Waals surface area contributed by atoms with Gasteiger partial charge in [-0.2, -0.15) is 0 Å². The van der Waals surface area contributed by atoms with E-state index in [1.807, 2.05) is 24.3 Å². The summed E-state index contributed by atoms with van der Waals surface area (Å²) in [6, 6.07) is 10.7. The van der Waals surface area contributed by atoms with Crippen LogP contribution in [-0.4, -0.2) is 19.0 Å². The van der Waals surface area contributed by atoms with Crippen LogP contribution in [0.5, 0.6) is 0 Å². The van der Waals surface area contributed by atoms with E-state index in [0.717, 1.165) is 10.8 Å². The Morgan fingerprint density at radius 1 is 1.18 bits per heavy atom. The molecule has 0 aliphatic carbocycles. The van der Waals surface area contributed by atoms with Crippen LogP contribution in [0.2, 0.25) is 0 Å². The minimum absolute atomic E-state index is 0.267. The Morgan fingerprint density at radius 3 is 2.59 bits per heavy atom. The number of hydrogen-bond donors (Lipinski definition) is 1. The predicted octanol–water partition coefficient (Wildman–Crippen LogP) is 2.14. The molecule has 84 valence electrons. The number of nitrogens with one attached hydrogen (secondary N) is 1. The molecule has 0 atom stereocenters. The van der Waals surface area contributed by atoms with Gasteiger partial charge in [0, 0.05) is 12.4 Å². The number of anilines is 1. The molecule has 0 unspecified atom stereocenters. The Morgan fingerprint density at radius 2 is 1.88 bits per heavy atom. The Kier molecular flexibility index (Phi) is 1.92. The molecule has 2 aromatic rings. The first-order valence-corrected chi connectivity index (χ1v) is 5.32. The van der Waals surface area contributed by atoms with Crippen molar-refractivity contribution >= 4 is 28.4 Å². The number of nitrogens with zero attached hydrogens (tertiary/aromatic N) is 1. The Balaban J connectivity index is 2.34. The molecule has 3 amide bonds. The van der Waals surface area contributed by atoms with Crippen molar-refractivity contribution in [3.8, 4) is 0 Å². The lowest BCUT2D eigenvalue weighted by Gasteiger charge is -2.14. The molecule has 0 radical (unpaired) electrons. The van der Waals surface area contributed by atoms with Gasteiger partial charge in [-0.3, -0.25) is 4.79 Å². The molecule has 0 fully saturated rings. The van der Waals surface area contributed by atoms with Crippen molar-refractivity contribution in [2.45, 2.75) is 0 Å². The molecule has 1 N–H and O–H groups in total. The van der Waals surface area contributed by atoms with E-state index in [2.05, 4.69) is 5.32 Å². The number of carbonyl (C=O) groups excluding carboxylic acids is 2. The van der Waals surface area contributed by atoms with Gasteiger partial charge < -0.3 is 5.32 Å². The van der Waals surface area contributed by atoms with E-state index < -0.39 is 6.03 Å². The Labute approximate surface area is 97.8 Å². The molecule has 4 heteroatoms. The summed E-state index contributed by atoms with van der Waals surface area (Å²) >= 11 is 0. The maximum atomic E-state index is 12.1. The lowest BCUT2D eigenvalue weighted by atomic mass is 10.1. The number of rotatable bonds is 0. The van der Waals surface area contributed by atoms with Gasteiger partial charge >= 0.3 is 6.03 Å². The van der Waals surface area contributed by atoms with E-state index >= 15 is 0 Å².